The van der Waals surface area contributed by atoms with Gasteiger partial charge in [0.25, 0.3) is 0 Å². The summed E-state index contributed by atoms with van der Waals surface area (Å²) in [5.41, 5.74) is 17.4. The minimum atomic E-state index is 0.720. The lowest BCUT2D eigenvalue weighted by molar-refractivity contribution is 0.683. The number of hydrazine groups is 1. The molecule has 2 rings (SSSR count). The molecule has 0 aliphatic carbocycles. The zero-order chi connectivity index (χ0) is 15.2. The first-order valence-corrected chi connectivity index (χ1v) is 8.00. The van der Waals surface area contributed by atoms with Crippen LogP contribution in [-0.4, -0.2) is 12.8 Å². The first-order valence-electron chi connectivity index (χ1n) is 6.78. The number of nitrogens with one attached hydrogen (secondary N) is 2. The smallest absolute Gasteiger partial charge is 0.0502 e. The van der Waals surface area contributed by atoms with E-state index in [4.69, 9.17) is 5.73 Å². The number of rotatable bonds is 3. The lowest BCUT2D eigenvalue weighted by Crippen LogP contribution is -2.30. The van der Waals surface area contributed by atoms with Crippen LogP contribution in [0.3, 0.4) is 0 Å². The van der Waals surface area contributed by atoms with E-state index in [0.29, 0.717) is 0 Å². The molecule has 0 atom stereocenters. The van der Waals surface area contributed by atoms with Gasteiger partial charge in [0.15, 0.2) is 0 Å². The molecule has 0 aromatic heterocycles. The van der Waals surface area contributed by atoms with E-state index < -0.39 is 0 Å². The van der Waals surface area contributed by atoms with Gasteiger partial charge in [-0.25, -0.2) is 5.43 Å². The van der Waals surface area contributed by atoms with Crippen LogP contribution in [0.1, 0.15) is 12.5 Å². The molecule has 0 fully saturated rings. The van der Waals surface area contributed by atoms with Crippen molar-refractivity contribution in [3.63, 3.8) is 0 Å². The summed E-state index contributed by atoms with van der Waals surface area (Å²) >= 11 is 1.64. The Hall–Kier alpha value is -1.91. The Kier molecular flexibility index (Phi) is 5.31. The molecule has 0 saturated carbocycles. The first kappa shape index (κ1) is 15.5. The van der Waals surface area contributed by atoms with Crippen molar-refractivity contribution in [3.8, 4) is 0 Å². The summed E-state index contributed by atoms with van der Waals surface area (Å²) < 4.78 is 0. The number of hydrogen-bond acceptors (Lipinski definition) is 4. The van der Waals surface area contributed by atoms with Gasteiger partial charge in [-0.15, -0.1) is 11.8 Å². The highest BCUT2D eigenvalue weighted by Crippen LogP contribution is 2.26. The molecule has 0 amide bonds. The highest BCUT2D eigenvalue weighted by atomic mass is 32.2. The summed E-state index contributed by atoms with van der Waals surface area (Å²) in [5.74, 6) is 0. The summed E-state index contributed by atoms with van der Waals surface area (Å²) in [6, 6.07) is 10.3. The summed E-state index contributed by atoms with van der Waals surface area (Å²) in [4.78, 5) is 1.08. The molecule has 0 bridgehead atoms. The van der Waals surface area contributed by atoms with E-state index >= 15 is 0 Å². The topological polar surface area (TPSA) is 50.1 Å². The number of thioether (sulfide) groups is 1. The van der Waals surface area contributed by atoms with Gasteiger partial charge in [-0.05, 0) is 36.0 Å². The molecule has 3 nitrogen and oxygen atoms in total. The van der Waals surface area contributed by atoms with Crippen LogP contribution in [-0.2, 0) is 0 Å². The monoisotopic (exact) mass is 299 g/mol. The van der Waals surface area contributed by atoms with Crippen molar-refractivity contribution in [2.45, 2.75) is 6.92 Å². The molecule has 4 N–H and O–H groups in total. The molecule has 1 aliphatic heterocycles. The van der Waals surface area contributed by atoms with E-state index in [1.165, 1.54) is 11.1 Å². The van der Waals surface area contributed by atoms with Crippen molar-refractivity contribution in [2.24, 2.45) is 5.73 Å². The van der Waals surface area contributed by atoms with Gasteiger partial charge >= 0.3 is 0 Å². The Morgan fingerprint density at radius 3 is 2.67 bits per heavy atom. The Labute approximate surface area is 130 Å². The van der Waals surface area contributed by atoms with E-state index in [-0.39, 0.29) is 0 Å². The normalized spacial score (nSPS) is 21.9. The number of benzene rings is 1. The van der Waals surface area contributed by atoms with Crippen LogP contribution >= 0.6 is 11.8 Å². The van der Waals surface area contributed by atoms with E-state index in [1.54, 1.807) is 11.8 Å². The summed E-state index contributed by atoms with van der Waals surface area (Å²) in [6.45, 7) is 6.91. The van der Waals surface area contributed by atoms with Crippen LogP contribution in [0.15, 0.2) is 70.9 Å². The number of hydrogen-bond donors (Lipinski definition) is 3. The van der Waals surface area contributed by atoms with Gasteiger partial charge in [-0.2, -0.15) is 0 Å². The van der Waals surface area contributed by atoms with Crippen molar-refractivity contribution >= 4 is 17.3 Å². The molecule has 0 radical (unpaired) electrons. The highest BCUT2D eigenvalue weighted by molar-refractivity contribution is 8.02. The zero-order valence-corrected chi connectivity index (χ0v) is 13.3. The van der Waals surface area contributed by atoms with Gasteiger partial charge in [0.05, 0.1) is 5.70 Å². The van der Waals surface area contributed by atoms with E-state index in [9.17, 15) is 0 Å². The predicted molar refractivity (Wildman–Crippen MR) is 93.2 cm³/mol. The fourth-order valence-electron chi connectivity index (χ4n) is 2.09. The summed E-state index contributed by atoms with van der Waals surface area (Å²) in [7, 11) is 0. The number of allylic oxidation sites excluding steroid dienone is 3. The van der Waals surface area contributed by atoms with Crippen molar-refractivity contribution in [3.05, 3.63) is 76.5 Å². The van der Waals surface area contributed by atoms with Crippen LogP contribution in [0.2, 0.25) is 0 Å². The van der Waals surface area contributed by atoms with Crippen molar-refractivity contribution in [2.75, 3.05) is 12.8 Å². The molecule has 0 spiro atoms. The van der Waals surface area contributed by atoms with Crippen LogP contribution in [0.5, 0.6) is 0 Å². The standard InChI is InChI=1S/C17H21N3S/c1-12-9-15(14-7-5-4-6-8-14)10-19-20-11-16(12)17(18)13(2)21-3/h4-9,11,19-20H,1,10,18H2,2-3H3/b15-9+,16-11+,17-13-. The summed E-state index contributed by atoms with van der Waals surface area (Å²) in [6.07, 6.45) is 5.98. The first-order chi connectivity index (χ1) is 10.1. The Morgan fingerprint density at radius 2 is 2.00 bits per heavy atom. The molecular weight excluding hydrogens is 278 g/mol. The zero-order valence-electron chi connectivity index (χ0n) is 12.4. The molecule has 0 saturated heterocycles. The van der Waals surface area contributed by atoms with Gasteiger partial charge in [-0.1, -0.05) is 36.9 Å². The second-order valence-electron chi connectivity index (χ2n) is 4.79. The summed E-state index contributed by atoms with van der Waals surface area (Å²) in [5, 5.41) is 0. The largest absolute Gasteiger partial charge is 0.398 e. The third kappa shape index (κ3) is 3.80. The molecule has 1 aromatic carbocycles. The Morgan fingerprint density at radius 1 is 1.29 bits per heavy atom. The quantitative estimate of drug-likeness (QED) is 0.802. The molecule has 0 unspecified atom stereocenters. The van der Waals surface area contributed by atoms with Gasteiger partial charge in [-0.3, -0.25) is 0 Å². The average molecular weight is 299 g/mol. The van der Waals surface area contributed by atoms with E-state index in [1.807, 2.05) is 37.6 Å². The maximum absolute atomic E-state index is 6.23. The SMILES string of the molecule is C=C1/C=C(/c2ccccc2)CNN/C=C1/C(N)=C(\C)SC. The fourth-order valence-corrected chi connectivity index (χ4v) is 2.42. The maximum atomic E-state index is 6.23. The highest BCUT2D eigenvalue weighted by Gasteiger charge is 2.11. The minimum Gasteiger partial charge on any atom is -0.398 e. The third-order valence-electron chi connectivity index (χ3n) is 3.41. The lowest BCUT2D eigenvalue weighted by Gasteiger charge is -2.18. The van der Waals surface area contributed by atoms with Crippen LogP contribution in [0.25, 0.3) is 5.57 Å². The molecule has 1 aliphatic rings. The fraction of sp³-hybridized carbons (Fsp3) is 0.176. The van der Waals surface area contributed by atoms with Gasteiger partial charge in [0.1, 0.15) is 0 Å². The average Bonchev–Trinajstić information content (AvgIpc) is 2.50. The van der Waals surface area contributed by atoms with E-state index in [2.05, 4.69) is 35.6 Å². The van der Waals surface area contributed by atoms with Gasteiger partial charge in [0, 0.05) is 23.2 Å². The van der Waals surface area contributed by atoms with Gasteiger partial charge < -0.3 is 11.2 Å². The second kappa shape index (κ2) is 7.20. The second-order valence-corrected chi connectivity index (χ2v) is 5.81. The van der Waals surface area contributed by atoms with Crippen LogP contribution in [0.4, 0.5) is 0 Å². The lowest BCUT2D eigenvalue weighted by atomic mass is 9.98. The van der Waals surface area contributed by atoms with Crippen molar-refractivity contribution in [1.29, 1.82) is 0 Å². The van der Waals surface area contributed by atoms with Crippen molar-refractivity contribution < 1.29 is 0 Å². The molecule has 1 aromatic rings. The molecular formula is C17H21N3S. The predicted octanol–water partition coefficient (Wildman–Crippen LogP) is 3.17. The molecule has 21 heavy (non-hydrogen) atoms. The van der Waals surface area contributed by atoms with Crippen LogP contribution < -0.4 is 16.6 Å². The number of nitrogens with two attached hydrogens (primary N) is 1. The van der Waals surface area contributed by atoms with Crippen LogP contribution in [0, 0.1) is 0 Å². The molecule has 1 heterocycles. The Bertz CT molecular complexity index is 612. The van der Waals surface area contributed by atoms with E-state index in [0.717, 1.165) is 28.3 Å². The maximum Gasteiger partial charge on any atom is 0.0502 e. The molecule has 4 heteroatoms. The van der Waals surface area contributed by atoms with Gasteiger partial charge in [0.2, 0.25) is 0 Å². The molecule has 110 valence electrons. The van der Waals surface area contributed by atoms with Crippen molar-refractivity contribution in [1.82, 2.24) is 10.9 Å². The minimum absolute atomic E-state index is 0.720. The Balaban J connectivity index is 2.37. The third-order valence-corrected chi connectivity index (χ3v) is 4.24.